The Morgan fingerprint density at radius 2 is 1.92 bits per heavy atom. The van der Waals surface area contributed by atoms with E-state index in [0.29, 0.717) is 13.2 Å². The van der Waals surface area contributed by atoms with Crippen LogP contribution < -0.4 is 4.74 Å². The van der Waals surface area contributed by atoms with Crippen molar-refractivity contribution in [2.75, 3.05) is 26.3 Å². The molecule has 2 atom stereocenters. The highest BCUT2D eigenvalue weighted by molar-refractivity contribution is 5.33. The van der Waals surface area contributed by atoms with Crippen LogP contribution in [0.2, 0.25) is 0 Å². The summed E-state index contributed by atoms with van der Waals surface area (Å²) < 4.78 is 11.7. The minimum absolute atomic E-state index is 0.220. The molecule has 0 aromatic heterocycles. The molecule has 2 aromatic rings. The topological polar surface area (TPSA) is 41.9 Å². The Bertz CT molecular complexity index is 714. The van der Waals surface area contributed by atoms with Crippen LogP contribution in [0, 0.1) is 0 Å². The Kier molecular flexibility index (Phi) is 5.25. The molecule has 138 valence electrons. The van der Waals surface area contributed by atoms with Crippen molar-refractivity contribution in [3.63, 3.8) is 0 Å². The molecule has 0 unspecified atom stereocenters. The second-order valence-corrected chi connectivity index (χ2v) is 7.41. The monoisotopic (exact) mass is 353 g/mol. The lowest BCUT2D eigenvalue weighted by Gasteiger charge is -2.24. The van der Waals surface area contributed by atoms with Gasteiger partial charge in [-0.25, -0.2) is 0 Å². The van der Waals surface area contributed by atoms with Crippen LogP contribution in [0.25, 0.3) is 0 Å². The summed E-state index contributed by atoms with van der Waals surface area (Å²) in [6.07, 6.45) is 3.19. The van der Waals surface area contributed by atoms with E-state index in [0.717, 1.165) is 50.3 Å². The van der Waals surface area contributed by atoms with Gasteiger partial charge in [-0.15, -0.1) is 0 Å². The van der Waals surface area contributed by atoms with Crippen LogP contribution in [0.15, 0.2) is 54.6 Å². The standard InChI is InChI=1S/C22H27NO3/c24-22(19-8-2-1-3-9-19)12-13-23(17-22)15-18-7-4-5-11-21(18)26-16-20-10-6-14-25-20/h1-5,7-9,11,20,24H,6,10,12-17H2/t20-,22-/m0/s1. The average molecular weight is 353 g/mol. The van der Waals surface area contributed by atoms with E-state index >= 15 is 0 Å². The molecule has 4 heteroatoms. The molecule has 2 aliphatic heterocycles. The zero-order valence-corrected chi connectivity index (χ0v) is 15.1. The second-order valence-electron chi connectivity index (χ2n) is 7.41. The lowest BCUT2D eigenvalue weighted by atomic mass is 9.93. The molecule has 2 heterocycles. The summed E-state index contributed by atoms with van der Waals surface area (Å²) in [6.45, 7) is 3.78. The molecule has 0 radical (unpaired) electrons. The van der Waals surface area contributed by atoms with Gasteiger partial charge in [-0.3, -0.25) is 4.90 Å². The minimum atomic E-state index is -0.755. The summed E-state index contributed by atoms with van der Waals surface area (Å²) in [7, 11) is 0. The number of aliphatic hydroxyl groups is 1. The molecular formula is C22H27NO3. The first-order valence-corrected chi connectivity index (χ1v) is 9.55. The van der Waals surface area contributed by atoms with Crippen molar-refractivity contribution < 1.29 is 14.6 Å². The maximum atomic E-state index is 11.0. The first-order chi connectivity index (χ1) is 12.7. The van der Waals surface area contributed by atoms with Gasteiger partial charge in [0.1, 0.15) is 18.0 Å². The molecule has 1 N–H and O–H groups in total. The van der Waals surface area contributed by atoms with Crippen LogP contribution in [0.1, 0.15) is 30.4 Å². The quantitative estimate of drug-likeness (QED) is 0.865. The van der Waals surface area contributed by atoms with Gasteiger partial charge in [0.25, 0.3) is 0 Å². The Morgan fingerprint density at radius 3 is 2.73 bits per heavy atom. The first-order valence-electron chi connectivity index (χ1n) is 9.55. The van der Waals surface area contributed by atoms with Crippen LogP contribution in [0.5, 0.6) is 5.75 Å². The SMILES string of the molecule is O[C@@]1(c2ccccc2)CCN(Cc2ccccc2OC[C@@H]2CCCO2)C1. The van der Waals surface area contributed by atoms with Crippen LogP contribution >= 0.6 is 0 Å². The van der Waals surface area contributed by atoms with Crippen molar-refractivity contribution >= 4 is 0 Å². The van der Waals surface area contributed by atoms with Gasteiger partial charge in [-0.2, -0.15) is 0 Å². The molecule has 26 heavy (non-hydrogen) atoms. The third-order valence-corrected chi connectivity index (χ3v) is 5.45. The Labute approximate surface area is 155 Å². The maximum Gasteiger partial charge on any atom is 0.123 e. The number of β-amino-alcohol motifs (C(OH)–C–C–N with tert-alkyl or cyclic N) is 1. The zero-order chi connectivity index (χ0) is 17.8. The highest BCUT2D eigenvalue weighted by atomic mass is 16.5. The summed E-state index contributed by atoms with van der Waals surface area (Å²) in [4.78, 5) is 2.31. The fraction of sp³-hybridized carbons (Fsp3) is 0.455. The van der Waals surface area contributed by atoms with Crippen molar-refractivity contribution in [3.05, 3.63) is 65.7 Å². The van der Waals surface area contributed by atoms with Gasteiger partial charge in [0.15, 0.2) is 0 Å². The molecule has 2 fully saturated rings. The van der Waals surface area contributed by atoms with E-state index in [1.54, 1.807) is 0 Å². The summed E-state index contributed by atoms with van der Waals surface area (Å²) in [5.41, 5.74) is 1.42. The van der Waals surface area contributed by atoms with Crippen molar-refractivity contribution in [3.8, 4) is 5.75 Å². The molecule has 0 spiro atoms. The highest BCUT2D eigenvalue weighted by Gasteiger charge is 2.37. The summed E-state index contributed by atoms with van der Waals surface area (Å²) >= 11 is 0. The smallest absolute Gasteiger partial charge is 0.123 e. The molecule has 0 aliphatic carbocycles. The number of likely N-dealkylation sites (tertiary alicyclic amines) is 1. The van der Waals surface area contributed by atoms with E-state index in [9.17, 15) is 5.11 Å². The molecular weight excluding hydrogens is 326 g/mol. The van der Waals surface area contributed by atoms with Gasteiger partial charge in [0.05, 0.1) is 6.10 Å². The third-order valence-electron chi connectivity index (χ3n) is 5.45. The van der Waals surface area contributed by atoms with Crippen LogP contribution in [-0.2, 0) is 16.9 Å². The summed E-state index contributed by atoms with van der Waals surface area (Å²) in [5, 5.41) is 11.0. The molecule has 4 rings (SSSR count). The number of rotatable bonds is 6. The largest absolute Gasteiger partial charge is 0.491 e. The zero-order valence-electron chi connectivity index (χ0n) is 15.1. The summed E-state index contributed by atoms with van der Waals surface area (Å²) in [6, 6.07) is 18.2. The van der Waals surface area contributed by atoms with Gasteiger partial charge in [-0.05, 0) is 30.9 Å². The van der Waals surface area contributed by atoms with E-state index in [-0.39, 0.29) is 6.10 Å². The van der Waals surface area contributed by atoms with Gasteiger partial charge < -0.3 is 14.6 Å². The van der Waals surface area contributed by atoms with Crippen molar-refractivity contribution in [2.24, 2.45) is 0 Å². The van der Waals surface area contributed by atoms with Crippen LogP contribution in [0.3, 0.4) is 0 Å². The molecule has 2 aliphatic rings. The van der Waals surface area contributed by atoms with Gasteiger partial charge in [0, 0.05) is 31.8 Å². The normalized spacial score (nSPS) is 26.3. The van der Waals surface area contributed by atoms with Gasteiger partial charge >= 0.3 is 0 Å². The van der Waals surface area contributed by atoms with Gasteiger partial charge in [0.2, 0.25) is 0 Å². The number of benzene rings is 2. The van der Waals surface area contributed by atoms with E-state index in [2.05, 4.69) is 11.0 Å². The van der Waals surface area contributed by atoms with Crippen LogP contribution in [0.4, 0.5) is 0 Å². The molecule has 0 amide bonds. The number of hydrogen-bond acceptors (Lipinski definition) is 4. The second kappa shape index (κ2) is 7.78. The number of nitrogens with zero attached hydrogens (tertiary/aromatic N) is 1. The van der Waals surface area contributed by atoms with E-state index in [1.165, 1.54) is 5.56 Å². The van der Waals surface area contributed by atoms with Gasteiger partial charge in [-0.1, -0.05) is 48.5 Å². The lowest BCUT2D eigenvalue weighted by Crippen LogP contribution is -2.30. The predicted molar refractivity (Wildman–Crippen MR) is 101 cm³/mol. The Morgan fingerprint density at radius 1 is 1.12 bits per heavy atom. The molecule has 0 bridgehead atoms. The van der Waals surface area contributed by atoms with Crippen molar-refractivity contribution in [1.29, 1.82) is 0 Å². The molecule has 2 saturated heterocycles. The number of hydrogen-bond donors (Lipinski definition) is 1. The fourth-order valence-corrected chi connectivity index (χ4v) is 3.96. The molecule has 0 saturated carbocycles. The van der Waals surface area contributed by atoms with Crippen LogP contribution in [-0.4, -0.2) is 42.4 Å². The average Bonchev–Trinajstić information content (AvgIpc) is 3.32. The maximum absolute atomic E-state index is 11.0. The first kappa shape index (κ1) is 17.5. The van der Waals surface area contributed by atoms with E-state index < -0.39 is 5.60 Å². The lowest BCUT2D eigenvalue weighted by molar-refractivity contribution is 0.0450. The minimum Gasteiger partial charge on any atom is -0.491 e. The summed E-state index contributed by atoms with van der Waals surface area (Å²) in [5.74, 6) is 0.929. The Balaban J connectivity index is 1.40. The van der Waals surface area contributed by atoms with Crippen molar-refractivity contribution in [1.82, 2.24) is 4.90 Å². The Hall–Kier alpha value is -1.88. The fourth-order valence-electron chi connectivity index (χ4n) is 3.96. The number of ether oxygens (including phenoxy) is 2. The predicted octanol–water partition coefficient (Wildman–Crippen LogP) is 3.34. The van der Waals surface area contributed by atoms with Crippen molar-refractivity contribution in [2.45, 2.75) is 37.5 Å². The number of para-hydroxylation sites is 1. The molecule has 2 aromatic carbocycles. The molecule has 4 nitrogen and oxygen atoms in total. The van der Waals surface area contributed by atoms with E-state index in [1.807, 2.05) is 48.5 Å². The van der Waals surface area contributed by atoms with E-state index in [4.69, 9.17) is 9.47 Å². The highest BCUT2D eigenvalue weighted by Crippen LogP contribution is 2.33. The third kappa shape index (κ3) is 3.93.